The summed E-state index contributed by atoms with van der Waals surface area (Å²) in [4.78, 5) is 25.1. The molecule has 48 heavy (non-hydrogen) atoms. The maximum atomic E-state index is 13.0. The van der Waals surface area contributed by atoms with Crippen LogP contribution in [0.5, 0.6) is 0 Å². The lowest BCUT2D eigenvalue weighted by Crippen LogP contribution is -2.15. The Balaban J connectivity index is 4.44. The van der Waals surface area contributed by atoms with E-state index in [9.17, 15) is 9.59 Å². The van der Waals surface area contributed by atoms with Crippen LogP contribution in [-0.2, 0) is 14.3 Å². The smallest absolute Gasteiger partial charge is 0.305 e. The molecule has 0 heterocycles. The summed E-state index contributed by atoms with van der Waals surface area (Å²) in [5.74, 6) is -0.302. The molecule has 0 saturated heterocycles. The van der Waals surface area contributed by atoms with Crippen LogP contribution < -0.4 is 0 Å². The zero-order valence-electron chi connectivity index (χ0n) is 30.5. The first kappa shape index (κ1) is 44.3. The van der Waals surface area contributed by atoms with E-state index < -0.39 is 0 Å². The van der Waals surface area contributed by atoms with Crippen LogP contribution in [0, 0.1) is 5.92 Å². The second kappa shape index (κ2) is 37.7. The summed E-state index contributed by atoms with van der Waals surface area (Å²) < 4.78 is 5.22. The van der Waals surface area contributed by atoms with E-state index in [0.717, 1.165) is 77.0 Å². The van der Waals surface area contributed by atoms with Gasteiger partial charge < -0.3 is 4.74 Å². The van der Waals surface area contributed by atoms with Gasteiger partial charge in [-0.2, -0.15) is 0 Å². The normalized spacial score (nSPS) is 13.9. The van der Waals surface area contributed by atoms with Gasteiger partial charge in [0.25, 0.3) is 0 Å². The van der Waals surface area contributed by atoms with E-state index in [0.29, 0.717) is 25.9 Å². The SMILES string of the molecule is CCC=CCC=CCC=CCC=CCC=CCC=CCCC(=O)C(C=CCC=CCC=CCC=CCC=CCC)CCC(=O)OCCC. The van der Waals surface area contributed by atoms with Crippen molar-refractivity contribution in [1.82, 2.24) is 0 Å². The Morgan fingerprint density at radius 3 is 1.19 bits per heavy atom. The lowest BCUT2D eigenvalue weighted by molar-refractivity contribution is -0.144. The third-order valence-electron chi connectivity index (χ3n) is 7.05. The number of ether oxygens (including phenoxy) is 1. The summed E-state index contributed by atoms with van der Waals surface area (Å²) in [6.07, 6.45) is 61.0. The van der Waals surface area contributed by atoms with E-state index >= 15 is 0 Å². The maximum absolute atomic E-state index is 13.0. The van der Waals surface area contributed by atoms with Crippen molar-refractivity contribution in [2.75, 3.05) is 6.61 Å². The highest BCUT2D eigenvalue weighted by molar-refractivity contribution is 5.83. The van der Waals surface area contributed by atoms with Gasteiger partial charge in [-0.1, -0.05) is 154 Å². The van der Waals surface area contributed by atoms with E-state index in [2.05, 4.69) is 135 Å². The second-order valence-corrected chi connectivity index (χ2v) is 11.5. The molecule has 0 radical (unpaired) electrons. The van der Waals surface area contributed by atoms with E-state index in [-0.39, 0.29) is 24.1 Å². The minimum absolute atomic E-state index is 0.180. The van der Waals surface area contributed by atoms with E-state index in [1.54, 1.807) is 0 Å². The molecule has 0 aliphatic heterocycles. The molecule has 0 aliphatic rings. The van der Waals surface area contributed by atoms with Gasteiger partial charge in [0, 0.05) is 18.8 Å². The quantitative estimate of drug-likeness (QED) is 0.0572. The van der Waals surface area contributed by atoms with Gasteiger partial charge in [-0.05, 0) is 89.9 Å². The van der Waals surface area contributed by atoms with Crippen molar-refractivity contribution >= 4 is 11.8 Å². The molecule has 0 aromatic carbocycles. The number of ketones is 1. The summed E-state index contributed by atoms with van der Waals surface area (Å²) in [6.45, 7) is 6.71. The molecule has 1 unspecified atom stereocenters. The standard InChI is InChI=1S/C45H66O3/c1-4-7-9-11-13-15-17-19-21-22-23-24-25-27-29-31-33-35-37-39-44(46)43(40-41-45(47)48-42-6-3)38-36-34-32-30-28-26-20-18-16-14-12-10-8-5-2/h7-10,13-16,19-21,23-24,26-27,29-30,32-33,35-36,38,43H,4-6,11-12,17-18,22,25,28,31,34,37,39-42H2,1-3H3. The molecule has 0 amide bonds. The minimum Gasteiger partial charge on any atom is -0.466 e. The molecule has 0 rings (SSSR count). The van der Waals surface area contributed by atoms with Crippen LogP contribution in [0.3, 0.4) is 0 Å². The molecule has 0 aromatic heterocycles. The average molecular weight is 655 g/mol. The molecule has 0 bridgehead atoms. The zero-order valence-corrected chi connectivity index (χ0v) is 30.5. The van der Waals surface area contributed by atoms with Gasteiger partial charge in [-0.15, -0.1) is 0 Å². The van der Waals surface area contributed by atoms with E-state index in [1.807, 2.05) is 19.1 Å². The summed E-state index contributed by atoms with van der Waals surface area (Å²) in [6, 6.07) is 0. The number of hydrogen-bond acceptors (Lipinski definition) is 3. The third kappa shape index (κ3) is 33.6. The fourth-order valence-electron chi connectivity index (χ4n) is 4.37. The van der Waals surface area contributed by atoms with Crippen molar-refractivity contribution < 1.29 is 14.3 Å². The molecule has 0 fully saturated rings. The number of allylic oxidation sites excluding steroid dienone is 22. The van der Waals surface area contributed by atoms with Gasteiger partial charge in [0.15, 0.2) is 0 Å². The molecule has 0 aromatic rings. The highest BCUT2D eigenvalue weighted by Gasteiger charge is 2.16. The van der Waals surface area contributed by atoms with Gasteiger partial charge in [0.2, 0.25) is 0 Å². The van der Waals surface area contributed by atoms with Gasteiger partial charge in [0.05, 0.1) is 6.61 Å². The number of rotatable bonds is 30. The van der Waals surface area contributed by atoms with Gasteiger partial charge in [0.1, 0.15) is 5.78 Å². The van der Waals surface area contributed by atoms with Crippen LogP contribution in [0.25, 0.3) is 0 Å². The molecule has 264 valence electrons. The van der Waals surface area contributed by atoms with Crippen LogP contribution in [0.4, 0.5) is 0 Å². The van der Waals surface area contributed by atoms with Crippen molar-refractivity contribution in [3.05, 3.63) is 134 Å². The molecule has 0 aliphatic carbocycles. The largest absolute Gasteiger partial charge is 0.466 e. The fourth-order valence-corrected chi connectivity index (χ4v) is 4.37. The van der Waals surface area contributed by atoms with Crippen molar-refractivity contribution in [2.24, 2.45) is 5.92 Å². The zero-order chi connectivity index (χ0) is 35.0. The van der Waals surface area contributed by atoms with Gasteiger partial charge >= 0.3 is 5.97 Å². The Labute approximate surface area is 295 Å². The number of esters is 1. The molecule has 3 heteroatoms. The minimum atomic E-state index is -0.259. The van der Waals surface area contributed by atoms with Crippen molar-refractivity contribution in [3.8, 4) is 0 Å². The number of carbonyl (C=O) groups excluding carboxylic acids is 2. The highest BCUT2D eigenvalue weighted by Crippen LogP contribution is 2.15. The van der Waals surface area contributed by atoms with Gasteiger partial charge in [-0.25, -0.2) is 0 Å². The Kier molecular flexibility index (Phi) is 34.8. The van der Waals surface area contributed by atoms with Gasteiger partial charge in [-0.3, -0.25) is 9.59 Å². The third-order valence-corrected chi connectivity index (χ3v) is 7.05. The van der Waals surface area contributed by atoms with Crippen molar-refractivity contribution in [3.63, 3.8) is 0 Å². The second-order valence-electron chi connectivity index (χ2n) is 11.5. The molecule has 1 atom stereocenters. The Bertz CT molecular complexity index is 1100. The molecular weight excluding hydrogens is 588 g/mol. The molecule has 3 nitrogen and oxygen atoms in total. The first-order valence-electron chi connectivity index (χ1n) is 18.5. The first-order chi connectivity index (χ1) is 23.7. The predicted molar refractivity (Wildman–Crippen MR) is 211 cm³/mol. The van der Waals surface area contributed by atoms with Crippen molar-refractivity contribution in [2.45, 2.75) is 124 Å². The summed E-state index contributed by atoms with van der Waals surface area (Å²) >= 11 is 0. The maximum Gasteiger partial charge on any atom is 0.305 e. The van der Waals surface area contributed by atoms with Crippen molar-refractivity contribution in [1.29, 1.82) is 0 Å². The van der Waals surface area contributed by atoms with Crippen LogP contribution in [0.1, 0.15) is 124 Å². The average Bonchev–Trinajstić information content (AvgIpc) is 3.09. The van der Waals surface area contributed by atoms with Crippen LogP contribution in [-0.4, -0.2) is 18.4 Å². The Morgan fingerprint density at radius 1 is 0.458 bits per heavy atom. The van der Waals surface area contributed by atoms with Crippen LogP contribution in [0.15, 0.2) is 134 Å². The highest BCUT2D eigenvalue weighted by atomic mass is 16.5. The molecule has 0 N–H and O–H groups in total. The topological polar surface area (TPSA) is 43.4 Å². The molecule has 0 saturated carbocycles. The van der Waals surface area contributed by atoms with E-state index in [1.165, 1.54) is 0 Å². The lowest BCUT2D eigenvalue weighted by atomic mass is 9.94. The first-order valence-corrected chi connectivity index (χ1v) is 18.5. The Hall–Kier alpha value is -3.72. The van der Waals surface area contributed by atoms with Crippen LogP contribution in [0.2, 0.25) is 0 Å². The predicted octanol–water partition coefficient (Wildman–Crippen LogP) is 13.1. The molecule has 0 spiro atoms. The number of carbonyl (C=O) groups is 2. The summed E-state index contributed by atoms with van der Waals surface area (Å²) in [7, 11) is 0. The fraction of sp³-hybridized carbons (Fsp3) is 0.467. The summed E-state index contributed by atoms with van der Waals surface area (Å²) in [5.41, 5.74) is 0. The number of hydrogen-bond donors (Lipinski definition) is 0. The number of Topliss-reactive ketones (excluding diaryl/α,β-unsaturated/α-hetero) is 1. The molecular formula is C45H66O3. The van der Waals surface area contributed by atoms with Crippen LogP contribution >= 0.6 is 0 Å². The summed E-state index contributed by atoms with van der Waals surface area (Å²) in [5, 5.41) is 0. The monoisotopic (exact) mass is 655 g/mol. The Morgan fingerprint density at radius 2 is 0.812 bits per heavy atom. The van der Waals surface area contributed by atoms with E-state index in [4.69, 9.17) is 4.74 Å². The lowest BCUT2D eigenvalue weighted by Gasteiger charge is -2.11.